The van der Waals surface area contributed by atoms with Crippen molar-refractivity contribution in [2.45, 2.75) is 13.0 Å². The van der Waals surface area contributed by atoms with Crippen molar-refractivity contribution in [1.82, 2.24) is 5.32 Å². The molecule has 0 unspecified atom stereocenters. The Morgan fingerprint density at radius 1 is 1.15 bits per heavy atom. The average Bonchev–Trinajstić information content (AvgIpc) is 2.37. The van der Waals surface area contributed by atoms with Crippen molar-refractivity contribution >= 4 is 34.8 Å². The highest BCUT2D eigenvalue weighted by molar-refractivity contribution is 6.31. The number of benzene rings is 2. The van der Waals surface area contributed by atoms with Crippen molar-refractivity contribution in [1.29, 1.82) is 0 Å². The second-order valence-electron chi connectivity index (χ2n) is 4.52. The van der Waals surface area contributed by atoms with Crippen molar-refractivity contribution in [3.8, 4) is 0 Å². The van der Waals surface area contributed by atoms with E-state index in [9.17, 15) is 4.79 Å². The Morgan fingerprint density at radius 3 is 2.55 bits per heavy atom. The molecule has 0 radical (unpaired) electrons. The zero-order valence-corrected chi connectivity index (χ0v) is 12.4. The number of amides is 1. The Bertz CT molecular complexity index is 623. The third kappa shape index (κ3) is 3.65. The summed E-state index contributed by atoms with van der Waals surface area (Å²) in [5.41, 5.74) is 7.50. The van der Waals surface area contributed by atoms with Gasteiger partial charge in [-0.25, -0.2) is 0 Å². The Labute approximate surface area is 127 Å². The van der Waals surface area contributed by atoms with E-state index in [-0.39, 0.29) is 11.9 Å². The van der Waals surface area contributed by atoms with Gasteiger partial charge in [-0.2, -0.15) is 0 Å². The molecule has 5 heteroatoms. The lowest BCUT2D eigenvalue weighted by molar-refractivity contribution is 0.0940. The quantitative estimate of drug-likeness (QED) is 0.840. The van der Waals surface area contributed by atoms with Gasteiger partial charge in [-0.3, -0.25) is 4.79 Å². The Balaban J connectivity index is 2.15. The maximum atomic E-state index is 12.2. The molecule has 2 aromatic carbocycles. The Kier molecular flexibility index (Phi) is 4.53. The first-order valence-corrected chi connectivity index (χ1v) is 6.83. The van der Waals surface area contributed by atoms with Crippen LogP contribution in [0.4, 0.5) is 5.69 Å². The van der Waals surface area contributed by atoms with E-state index in [4.69, 9.17) is 28.9 Å². The molecule has 20 heavy (non-hydrogen) atoms. The number of halogens is 2. The van der Waals surface area contributed by atoms with Crippen LogP contribution in [0.1, 0.15) is 28.9 Å². The second-order valence-corrected chi connectivity index (χ2v) is 5.40. The molecule has 0 aliphatic heterocycles. The average molecular weight is 309 g/mol. The van der Waals surface area contributed by atoms with E-state index >= 15 is 0 Å². The summed E-state index contributed by atoms with van der Waals surface area (Å²) in [4.78, 5) is 12.2. The number of nitrogen functional groups attached to an aromatic ring is 1. The number of carbonyl (C=O) groups is 1. The molecule has 3 nitrogen and oxygen atoms in total. The fraction of sp³-hybridized carbons (Fsp3) is 0.133. The molecule has 0 aliphatic rings. The highest BCUT2D eigenvalue weighted by Gasteiger charge is 2.12. The van der Waals surface area contributed by atoms with Gasteiger partial charge in [0, 0.05) is 21.3 Å². The van der Waals surface area contributed by atoms with Crippen LogP contribution in [0.15, 0.2) is 42.5 Å². The lowest BCUT2D eigenvalue weighted by Crippen LogP contribution is -2.26. The lowest BCUT2D eigenvalue weighted by Gasteiger charge is -2.15. The van der Waals surface area contributed by atoms with Gasteiger partial charge in [0.15, 0.2) is 0 Å². The van der Waals surface area contributed by atoms with E-state index in [1.165, 1.54) is 0 Å². The highest BCUT2D eigenvalue weighted by Crippen LogP contribution is 2.20. The van der Waals surface area contributed by atoms with Crippen LogP contribution in [-0.2, 0) is 0 Å². The molecule has 0 spiro atoms. The predicted octanol–water partition coefficient (Wildman–Crippen LogP) is 4.07. The van der Waals surface area contributed by atoms with Gasteiger partial charge in [-0.1, -0.05) is 35.3 Å². The number of hydrogen-bond acceptors (Lipinski definition) is 2. The van der Waals surface area contributed by atoms with Crippen LogP contribution in [0.5, 0.6) is 0 Å². The molecule has 0 saturated heterocycles. The van der Waals surface area contributed by atoms with E-state index < -0.39 is 0 Å². The van der Waals surface area contributed by atoms with Gasteiger partial charge in [0.2, 0.25) is 0 Å². The zero-order valence-electron chi connectivity index (χ0n) is 10.9. The maximum absolute atomic E-state index is 12.2. The predicted molar refractivity (Wildman–Crippen MR) is 83.2 cm³/mol. The third-order valence-corrected chi connectivity index (χ3v) is 3.33. The van der Waals surface area contributed by atoms with Crippen LogP contribution in [0.25, 0.3) is 0 Å². The summed E-state index contributed by atoms with van der Waals surface area (Å²) >= 11 is 11.8. The first-order valence-electron chi connectivity index (χ1n) is 6.08. The van der Waals surface area contributed by atoms with E-state index in [0.29, 0.717) is 21.3 Å². The largest absolute Gasteiger partial charge is 0.399 e. The summed E-state index contributed by atoms with van der Waals surface area (Å²) in [6.07, 6.45) is 0. The highest BCUT2D eigenvalue weighted by atomic mass is 35.5. The van der Waals surface area contributed by atoms with Crippen LogP contribution >= 0.6 is 23.2 Å². The Morgan fingerprint density at radius 2 is 1.90 bits per heavy atom. The van der Waals surface area contributed by atoms with Crippen LogP contribution in [0.2, 0.25) is 10.0 Å². The second kappa shape index (κ2) is 6.16. The summed E-state index contributed by atoms with van der Waals surface area (Å²) in [5, 5.41) is 3.95. The summed E-state index contributed by atoms with van der Waals surface area (Å²) in [7, 11) is 0. The molecule has 1 amide bonds. The van der Waals surface area contributed by atoms with Gasteiger partial charge in [0.25, 0.3) is 5.91 Å². The topological polar surface area (TPSA) is 55.1 Å². The summed E-state index contributed by atoms with van der Waals surface area (Å²) in [6, 6.07) is 12.0. The van der Waals surface area contributed by atoms with Crippen LogP contribution in [0, 0.1) is 0 Å². The van der Waals surface area contributed by atoms with Gasteiger partial charge >= 0.3 is 0 Å². The molecule has 0 bridgehead atoms. The number of anilines is 1. The molecule has 1 atom stereocenters. The number of nitrogens with two attached hydrogens (primary N) is 1. The molecule has 0 fully saturated rings. The molecule has 2 rings (SSSR count). The summed E-state index contributed by atoms with van der Waals surface area (Å²) in [5.74, 6) is -0.230. The Hall–Kier alpha value is -1.71. The van der Waals surface area contributed by atoms with Crippen LogP contribution < -0.4 is 11.1 Å². The van der Waals surface area contributed by atoms with E-state index in [1.807, 2.05) is 25.1 Å². The first kappa shape index (κ1) is 14.7. The van der Waals surface area contributed by atoms with E-state index in [0.717, 1.165) is 5.56 Å². The van der Waals surface area contributed by atoms with Gasteiger partial charge in [0.1, 0.15) is 0 Å². The number of rotatable bonds is 3. The normalized spacial score (nSPS) is 11.9. The van der Waals surface area contributed by atoms with Gasteiger partial charge in [0.05, 0.1) is 6.04 Å². The third-order valence-electron chi connectivity index (χ3n) is 2.88. The maximum Gasteiger partial charge on any atom is 0.251 e. The zero-order chi connectivity index (χ0) is 14.7. The van der Waals surface area contributed by atoms with Crippen molar-refractivity contribution in [2.24, 2.45) is 0 Å². The van der Waals surface area contributed by atoms with Crippen molar-refractivity contribution in [3.63, 3.8) is 0 Å². The molecule has 0 saturated carbocycles. The van der Waals surface area contributed by atoms with E-state index in [2.05, 4.69) is 5.32 Å². The molecule has 0 aliphatic carbocycles. The van der Waals surface area contributed by atoms with Crippen molar-refractivity contribution in [3.05, 3.63) is 63.6 Å². The van der Waals surface area contributed by atoms with Crippen LogP contribution in [-0.4, -0.2) is 5.91 Å². The molecule has 2 aromatic rings. The minimum atomic E-state index is -0.230. The number of hydrogen-bond donors (Lipinski definition) is 2. The SMILES string of the molecule is C[C@H](NC(=O)c1cc(N)cc(Cl)c1)c1cccc(Cl)c1. The minimum absolute atomic E-state index is 0.165. The molecule has 0 aromatic heterocycles. The summed E-state index contributed by atoms with van der Waals surface area (Å²) in [6.45, 7) is 1.89. The fourth-order valence-electron chi connectivity index (χ4n) is 1.88. The van der Waals surface area contributed by atoms with Gasteiger partial charge in [-0.15, -0.1) is 0 Å². The molecule has 0 heterocycles. The van der Waals surface area contributed by atoms with E-state index in [1.54, 1.807) is 24.3 Å². The standard InChI is InChI=1S/C15H14Cl2N2O/c1-9(10-3-2-4-12(16)5-10)19-15(20)11-6-13(17)8-14(18)7-11/h2-9H,18H2,1H3,(H,19,20)/t9-/m0/s1. The van der Waals surface area contributed by atoms with Gasteiger partial charge < -0.3 is 11.1 Å². The summed E-state index contributed by atoms with van der Waals surface area (Å²) < 4.78 is 0. The number of nitrogens with one attached hydrogen (secondary N) is 1. The number of carbonyl (C=O) groups excluding carboxylic acids is 1. The fourth-order valence-corrected chi connectivity index (χ4v) is 2.32. The van der Waals surface area contributed by atoms with Crippen molar-refractivity contribution in [2.75, 3.05) is 5.73 Å². The molecular formula is C15H14Cl2N2O. The minimum Gasteiger partial charge on any atom is -0.399 e. The smallest absolute Gasteiger partial charge is 0.251 e. The molecular weight excluding hydrogens is 295 g/mol. The van der Waals surface area contributed by atoms with Crippen molar-refractivity contribution < 1.29 is 4.79 Å². The lowest BCUT2D eigenvalue weighted by atomic mass is 10.1. The van der Waals surface area contributed by atoms with Gasteiger partial charge in [-0.05, 0) is 42.8 Å². The first-order chi connectivity index (χ1) is 9.45. The molecule has 3 N–H and O–H groups in total. The molecule has 104 valence electrons. The monoisotopic (exact) mass is 308 g/mol. The van der Waals surface area contributed by atoms with Crippen LogP contribution in [0.3, 0.4) is 0 Å².